The molecule has 3 aliphatic rings. The predicted molar refractivity (Wildman–Crippen MR) is 141 cm³/mol. The predicted octanol–water partition coefficient (Wildman–Crippen LogP) is -3.85. The van der Waals surface area contributed by atoms with Crippen molar-refractivity contribution in [3.05, 3.63) is 41.5 Å². The van der Waals surface area contributed by atoms with Crippen molar-refractivity contribution in [2.45, 2.75) is 80.0 Å². The van der Waals surface area contributed by atoms with Gasteiger partial charge in [-0.05, 0) is 17.7 Å². The Hall–Kier alpha value is -3.04. The maximum absolute atomic E-state index is 10.2. The molecular formula is C27H36O17. The van der Waals surface area contributed by atoms with E-state index in [0.717, 1.165) is 0 Å². The van der Waals surface area contributed by atoms with Crippen molar-refractivity contribution in [1.29, 1.82) is 0 Å². The minimum Gasteiger partial charge on any atom is -0.508 e. The SMILES string of the molecule is OC[C@H]1O[C@H](O[C@H]2O[C@H](CO)[C@@H](O)[C@H](O)[C@H]2O)[C@H](O)[C@@H](O)[C@@H]1O.Oc1cc(O)c2c(c1)O[C@H](c1ccc(O)c(O)c1)[C@@H](O)C2. The van der Waals surface area contributed by atoms with Crippen LogP contribution in [0.2, 0.25) is 0 Å². The van der Waals surface area contributed by atoms with Crippen LogP contribution in [0.25, 0.3) is 0 Å². The molecule has 44 heavy (non-hydrogen) atoms. The van der Waals surface area contributed by atoms with Crippen LogP contribution in [0, 0.1) is 0 Å². The molecule has 0 saturated carbocycles. The van der Waals surface area contributed by atoms with Gasteiger partial charge in [0.15, 0.2) is 24.1 Å². The lowest BCUT2D eigenvalue weighted by atomic mass is 9.94. The summed E-state index contributed by atoms with van der Waals surface area (Å²) in [5, 5.41) is 125. The Labute approximate surface area is 249 Å². The first-order valence-corrected chi connectivity index (χ1v) is 13.4. The minimum absolute atomic E-state index is 0.143. The molecule has 0 spiro atoms. The van der Waals surface area contributed by atoms with E-state index in [1.54, 1.807) is 0 Å². The topological polar surface area (TPSA) is 300 Å². The van der Waals surface area contributed by atoms with Gasteiger partial charge in [-0.25, -0.2) is 0 Å². The number of phenolic OH excluding ortho intramolecular Hbond substituents is 4. The summed E-state index contributed by atoms with van der Waals surface area (Å²) >= 11 is 0. The molecule has 5 rings (SSSR count). The molecule has 0 aliphatic carbocycles. The average Bonchev–Trinajstić information content (AvgIpc) is 2.99. The summed E-state index contributed by atoms with van der Waals surface area (Å²) in [5.74, 6) is -0.589. The van der Waals surface area contributed by atoms with Crippen molar-refractivity contribution in [1.82, 2.24) is 0 Å². The first-order valence-electron chi connectivity index (χ1n) is 13.4. The summed E-state index contributed by atoms with van der Waals surface area (Å²) < 4.78 is 20.9. The van der Waals surface area contributed by atoms with Crippen molar-refractivity contribution in [2.75, 3.05) is 13.2 Å². The Morgan fingerprint density at radius 3 is 1.68 bits per heavy atom. The molecule has 3 aliphatic heterocycles. The molecule has 17 nitrogen and oxygen atoms in total. The zero-order valence-corrected chi connectivity index (χ0v) is 22.9. The largest absolute Gasteiger partial charge is 0.508 e. The van der Waals surface area contributed by atoms with Gasteiger partial charge >= 0.3 is 0 Å². The maximum atomic E-state index is 10.2. The molecule has 2 aromatic rings. The molecule has 12 atom stereocenters. The van der Waals surface area contributed by atoms with Gasteiger partial charge in [0.05, 0.1) is 19.3 Å². The molecular weight excluding hydrogens is 596 g/mol. The molecule has 0 aromatic heterocycles. The van der Waals surface area contributed by atoms with Gasteiger partial charge in [0, 0.05) is 24.1 Å². The van der Waals surface area contributed by atoms with Gasteiger partial charge in [-0.2, -0.15) is 0 Å². The Kier molecular flexibility index (Phi) is 10.7. The lowest BCUT2D eigenvalue weighted by Crippen LogP contribution is -2.63. The average molecular weight is 633 g/mol. The highest BCUT2D eigenvalue weighted by Gasteiger charge is 2.49. The van der Waals surface area contributed by atoms with Crippen LogP contribution in [0.1, 0.15) is 17.2 Å². The van der Waals surface area contributed by atoms with Gasteiger partial charge in [-0.15, -0.1) is 0 Å². The first-order chi connectivity index (χ1) is 20.8. The molecule has 2 saturated heterocycles. The van der Waals surface area contributed by atoms with E-state index in [1.165, 1.54) is 30.3 Å². The second kappa shape index (κ2) is 13.9. The monoisotopic (exact) mass is 632 g/mol. The van der Waals surface area contributed by atoms with Crippen LogP contribution in [-0.2, 0) is 20.6 Å². The lowest BCUT2D eigenvalue weighted by molar-refractivity contribution is -0.376. The molecule has 0 amide bonds. The maximum Gasteiger partial charge on any atom is 0.189 e. The zero-order chi connectivity index (χ0) is 32.5. The minimum atomic E-state index is -1.72. The third-order valence-electron chi connectivity index (χ3n) is 7.48. The number of ether oxygens (including phenoxy) is 4. The van der Waals surface area contributed by atoms with E-state index in [4.69, 9.17) is 29.2 Å². The number of aliphatic hydroxyl groups excluding tert-OH is 9. The van der Waals surface area contributed by atoms with Crippen molar-refractivity contribution in [2.24, 2.45) is 0 Å². The van der Waals surface area contributed by atoms with Gasteiger partial charge in [-0.3, -0.25) is 0 Å². The smallest absolute Gasteiger partial charge is 0.189 e. The normalized spacial score (nSPS) is 36.8. The van der Waals surface area contributed by atoms with Crippen molar-refractivity contribution in [3.8, 4) is 28.7 Å². The van der Waals surface area contributed by atoms with Crippen LogP contribution >= 0.6 is 0 Å². The highest BCUT2D eigenvalue weighted by Crippen LogP contribution is 2.42. The lowest BCUT2D eigenvalue weighted by Gasteiger charge is -2.44. The number of hydrogen-bond acceptors (Lipinski definition) is 17. The zero-order valence-electron chi connectivity index (χ0n) is 22.9. The summed E-state index contributed by atoms with van der Waals surface area (Å²) in [5.41, 5.74) is 0.894. The summed E-state index contributed by atoms with van der Waals surface area (Å²) in [6, 6.07) is 6.67. The van der Waals surface area contributed by atoms with Gasteiger partial charge in [-0.1, -0.05) is 6.07 Å². The highest BCUT2D eigenvalue weighted by atomic mass is 16.8. The molecule has 17 heteroatoms. The third-order valence-corrected chi connectivity index (χ3v) is 7.48. The summed E-state index contributed by atoms with van der Waals surface area (Å²) in [6.07, 6.45) is -17.2. The number of benzene rings is 2. The van der Waals surface area contributed by atoms with Crippen LogP contribution in [-0.4, -0.2) is 147 Å². The molecule has 0 bridgehead atoms. The fourth-order valence-electron chi connectivity index (χ4n) is 4.96. The van der Waals surface area contributed by atoms with Gasteiger partial charge in [0.25, 0.3) is 0 Å². The van der Waals surface area contributed by atoms with Gasteiger partial charge in [0.2, 0.25) is 0 Å². The Bertz CT molecular complexity index is 1220. The van der Waals surface area contributed by atoms with E-state index in [9.17, 15) is 56.2 Å². The number of aromatic hydroxyl groups is 4. The van der Waals surface area contributed by atoms with Crippen molar-refractivity contribution < 1.29 is 85.3 Å². The second-order valence-electron chi connectivity index (χ2n) is 10.5. The fraction of sp³-hybridized carbons (Fsp3) is 0.556. The molecule has 0 radical (unpaired) electrons. The van der Waals surface area contributed by atoms with E-state index in [0.29, 0.717) is 11.1 Å². The second-order valence-corrected chi connectivity index (χ2v) is 10.5. The molecule has 246 valence electrons. The van der Waals surface area contributed by atoms with E-state index in [-0.39, 0.29) is 35.2 Å². The van der Waals surface area contributed by atoms with E-state index >= 15 is 0 Å². The highest BCUT2D eigenvalue weighted by molar-refractivity contribution is 5.52. The van der Waals surface area contributed by atoms with Gasteiger partial charge in [0.1, 0.15) is 72.2 Å². The van der Waals surface area contributed by atoms with Crippen LogP contribution in [0.15, 0.2) is 30.3 Å². The fourth-order valence-corrected chi connectivity index (χ4v) is 4.96. The van der Waals surface area contributed by atoms with Crippen LogP contribution in [0.4, 0.5) is 0 Å². The molecule has 0 unspecified atom stereocenters. The number of rotatable bonds is 5. The number of fused-ring (bicyclic) bond motifs is 1. The van der Waals surface area contributed by atoms with Gasteiger partial charge < -0.3 is 85.3 Å². The number of phenols is 4. The number of aliphatic hydroxyl groups is 9. The van der Waals surface area contributed by atoms with Crippen molar-refractivity contribution >= 4 is 0 Å². The summed E-state index contributed by atoms with van der Waals surface area (Å²) in [4.78, 5) is 0. The summed E-state index contributed by atoms with van der Waals surface area (Å²) in [6.45, 7) is -1.33. The molecule has 3 heterocycles. The Morgan fingerprint density at radius 2 is 1.18 bits per heavy atom. The standard InChI is InChI=1S/C15H14O6.C12H22O11/c16-8-4-11(18)9-6-13(20)15(21-14(9)5-8)7-1-2-10(17)12(19)3-7;13-1-3-5(15)7(17)9(19)11(21-3)23-12-10(20)8(18)6(16)4(2-14)22-12/h1-5,13,15-20H,6H2;3-20H,1-2H2/t13-,15+;3-,4-,5-,6-,7+,8+,9-,10-,11-,12-/m01/s1. The van der Waals surface area contributed by atoms with Crippen molar-refractivity contribution in [3.63, 3.8) is 0 Å². The quantitative estimate of drug-likeness (QED) is 0.140. The van der Waals surface area contributed by atoms with E-state index in [1.807, 2.05) is 0 Å². The number of hydrogen-bond donors (Lipinski definition) is 13. The summed E-state index contributed by atoms with van der Waals surface area (Å²) in [7, 11) is 0. The molecule has 2 fully saturated rings. The van der Waals surface area contributed by atoms with E-state index < -0.39 is 86.8 Å². The van der Waals surface area contributed by atoms with Crippen LogP contribution in [0.3, 0.4) is 0 Å². The Balaban J connectivity index is 0.000000201. The molecule has 2 aromatic carbocycles. The Morgan fingerprint density at radius 1 is 0.636 bits per heavy atom. The third kappa shape index (κ3) is 6.94. The van der Waals surface area contributed by atoms with Crippen LogP contribution in [0.5, 0.6) is 28.7 Å². The van der Waals surface area contributed by atoms with Crippen LogP contribution < -0.4 is 4.74 Å². The first kappa shape index (κ1) is 33.8. The molecule has 13 N–H and O–H groups in total. The van der Waals surface area contributed by atoms with E-state index in [2.05, 4.69) is 0 Å².